The summed E-state index contributed by atoms with van der Waals surface area (Å²) in [5.41, 5.74) is 0.820. The second-order valence-corrected chi connectivity index (χ2v) is 11.1. The summed E-state index contributed by atoms with van der Waals surface area (Å²) in [6.07, 6.45) is 0. The van der Waals surface area contributed by atoms with Crippen molar-refractivity contribution in [2.75, 3.05) is 0 Å². The third kappa shape index (κ3) is 2.27. The average molecular weight is 457 g/mol. The van der Waals surface area contributed by atoms with E-state index < -0.39 is 11.8 Å². The minimum Gasteiger partial charge on any atom is -0.770 e. The molecule has 0 heterocycles. The molecular formula is C11H7I2O2S-. The van der Waals surface area contributed by atoms with Crippen molar-refractivity contribution in [2.24, 2.45) is 0 Å². The number of alkyl halides is 2. The van der Waals surface area contributed by atoms with Crippen LogP contribution in [-0.2, 0) is 11.8 Å². The number of hydrogen-bond acceptors (Lipinski definition) is 2. The molecule has 16 heavy (non-hydrogen) atoms. The minimum atomic E-state index is -2.16. The van der Waals surface area contributed by atoms with E-state index in [9.17, 15) is 8.76 Å². The van der Waals surface area contributed by atoms with Gasteiger partial charge in [-0.05, 0) is 72.6 Å². The van der Waals surface area contributed by atoms with E-state index >= 15 is 0 Å². The summed E-state index contributed by atoms with van der Waals surface area (Å²) < 4.78 is 21.6. The van der Waals surface area contributed by atoms with Crippen LogP contribution in [0.5, 0.6) is 0 Å². The zero-order chi connectivity index (χ0) is 11.8. The highest BCUT2D eigenvalue weighted by Gasteiger charge is 2.28. The molecule has 0 aliphatic rings. The Balaban J connectivity index is 2.74. The van der Waals surface area contributed by atoms with Gasteiger partial charge in [-0.3, -0.25) is 4.21 Å². The molecule has 0 aromatic heterocycles. The number of benzene rings is 2. The average Bonchev–Trinajstić information content (AvgIpc) is 2.28. The van der Waals surface area contributed by atoms with E-state index in [0.29, 0.717) is 0 Å². The Morgan fingerprint density at radius 2 is 1.69 bits per heavy atom. The standard InChI is InChI=1S/C11H8I2O2S/c12-11(13,16(14)15)10-7-3-5-8-4-1-2-6-9(8)10/h1-7H,(H,14,15)/p-1. The Morgan fingerprint density at radius 3 is 2.38 bits per heavy atom. The molecule has 0 saturated heterocycles. The minimum absolute atomic E-state index is 0.820. The molecule has 0 N–H and O–H groups in total. The fraction of sp³-hybridized carbons (Fsp3) is 0.0909. The molecule has 2 aromatic carbocycles. The molecule has 0 aliphatic carbocycles. The molecule has 0 aliphatic heterocycles. The van der Waals surface area contributed by atoms with E-state index in [0.717, 1.165) is 16.3 Å². The van der Waals surface area contributed by atoms with Gasteiger partial charge in [-0.25, -0.2) is 0 Å². The van der Waals surface area contributed by atoms with Crippen LogP contribution in [0.3, 0.4) is 0 Å². The predicted octanol–water partition coefficient (Wildman–Crippen LogP) is 3.70. The van der Waals surface area contributed by atoms with E-state index in [4.69, 9.17) is 0 Å². The van der Waals surface area contributed by atoms with Crippen LogP contribution < -0.4 is 0 Å². The summed E-state index contributed by atoms with van der Waals surface area (Å²) in [7, 11) is 0. The number of rotatable bonds is 2. The summed E-state index contributed by atoms with van der Waals surface area (Å²) in [6, 6.07) is 13.5. The second kappa shape index (κ2) is 4.87. The van der Waals surface area contributed by atoms with E-state index in [-0.39, 0.29) is 0 Å². The second-order valence-electron chi connectivity index (χ2n) is 3.28. The van der Waals surface area contributed by atoms with Gasteiger partial charge in [-0.15, -0.1) is 0 Å². The first-order chi connectivity index (χ1) is 7.53. The van der Waals surface area contributed by atoms with Gasteiger partial charge in [0.05, 0.1) is 0 Å². The molecular weight excluding hydrogens is 450 g/mol. The Bertz CT molecular complexity index is 549. The van der Waals surface area contributed by atoms with Crippen LogP contribution in [0.15, 0.2) is 42.5 Å². The van der Waals surface area contributed by atoms with Crippen molar-refractivity contribution in [2.45, 2.75) is 0.760 Å². The van der Waals surface area contributed by atoms with Crippen molar-refractivity contribution in [1.29, 1.82) is 0 Å². The number of hydrogen-bond donors (Lipinski definition) is 0. The van der Waals surface area contributed by atoms with Crippen LogP contribution in [0.1, 0.15) is 5.56 Å². The normalized spacial score (nSPS) is 13.9. The molecule has 0 amide bonds. The van der Waals surface area contributed by atoms with Crippen molar-refractivity contribution in [1.82, 2.24) is 0 Å². The molecule has 2 rings (SSSR count). The first kappa shape index (κ1) is 12.7. The lowest BCUT2D eigenvalue weighted by Crippen LogP contribution is -2.15. The predicted molar refractivity (Wildman–Crippen MR) is 82.6 cm³/mol. The van der Waals surface area contributed by atoms with Crippen LogP contribution in [0.25, 0.3) is 10.8 Å². The van der Waals surface area contributed by atoms with Gasteiger partial charge in [-0.2, -0.15) is 0 Å². The monoisotopic (exact) mass is 457 g/mol. The molecule has 2 nitrogen and oxygen atoms in total. The molecule has 0 spiro atoms. The molecule has 1 unspecified atom stereocenters. The smallest absolute Gasteiger partial charge is 0.160 e. The maximum Gasteiger partial charge on any atom is 0.160 e. The lowest BCUT2D eigenvalue weighted by Gasteiger charge is -2.25. The van der Waals surface area contributed by atoms with E-state index in [1.165, 1.54) is 0 Å². The molecule has 0 fully saturated rings. The van der Waals surface area contributed by atoms with Crippen LogP contribution in [-0.4, -0.2) is 8.76 Å². The summed E-state index contributed by atoms with van der Waals surface area (Å²) in [4.78, 5) is 0. The summed E-state index contributed by atoms with van der Waals surface area (Å²) in [6.45, 7) is 0. The number of halogens is 2. The van der Waals surface area contributed by atoms with Crippen molar-refractivity contribution in [3.05, 3.63) is 48.0 Å². The SMILES string of the molecule is O=S([O-])C(I)(I)c1cccc2ccccc12. The van der Waals surface area contributed by atoms with Crippen LogP contribution in [0, 0.1) is 0 Å². The highest BCUT2D eigenvalue weighted by Crippen LogP contribution is 2.44. The third-order valence-electron chi connectivity index (χ3n) is 2.31. The van der Waals surface area contributed by atoms with Gasteiger partial charge < -0.3 is 4.55 Å². The fourth-order valence-electron chi connectivity index (χ4n) is 1.57. The maximum atomic E-state index is 11.3. The van der Waals surface area contributed by atoms with Gasteiger partial charge in [0.1, 0.15) is 0 Å². The zero-order valence-electron chi connectivity index (χ0n) is 8.02. The van der Waals surface area contributed by atoms with Gasteiger partial charge in [0.25, 0.3) is 0 Å². The summed E-state index contributed by atoms with van der Waals surface area (Å²) in [5.74, 6) is 0. The highest BCUT2D eigenvalue weighted by molar-refractivity contribution is 14.2. The molecule has 0 radical (unpaired) electrons. The van der Waals surface area contributed by atoms with E-state index in [2.05, 4.69) is 0 Å². The maximum absolute atomic E-state index is 11.3. The highest BCUT2D eigenvalue weighted by atomic mass is 127. The first-order valence-corrected chi connectivity index (χ1v) is 7.72. The quantitative estimate of drug-likeness (QED) is 0.392. The lowest BCUT2D eigenvalue weighted by atomic mass is 10.1. The van der Waals surface area contributed by atoms with Crippen LogP contribution >= 0.6 is 45.2 Å². The molecule has 2 aromatic rings. The molecule has 84 valence electrons. The van der Waals surface area contributed by atoms with Gasteiger partial charge in [-0.1, -0.05) is 42.5 Å². The van der Waals surface area contributed by atoms with Crippen molar-refractivity contribution >= 4 is 67.0 Å². The van der Waals surface area contributed by atoms with Crippen LogP contribution in [0.2, 0.25) is 0 Å². The van der Waals surface area contributed by atoms with Gasteiger partial charge in [0, 0.05) is 0 Å². The Labute approximate surface area is 123 Å². The van der Waals surface area contributed by atoms with Gasteiger partial charge in [0.15, 0.2) is 0.760 Å². The van der Waals surface area contributed by atoms with Gasteiger partial charge >= 0.3 is 0 Å². The largest absolute Gasteiger partial charge is 0.770 e. The lowest BCUT2D eigenvalue weighted by molar-refractivity contribution is 0.535. The zero-order valence-corrected chi connectivity index (χ0v) is 13.2. The molecule has 0 saturated carbocycles. The van der Waals surface area contributed by atoms with Crippen molar-refractivity contribution < 1.29 is 8.76 Å². The Kier molecular flexibility index (Phi) is 3.87. The van der Waals surface area contributed by atoms with Crippen molar-refractivity contribution in [3.63, 3.8) is 0 Å². The molecule has 5 heteroatoms. The topological polar surface area (TPSA) is 40.1 Å². The Hall–Kier alpha value is 0.270. The van der Waals surface area contributed by atoms with E-state index in [1.54, 1.807) is 0 Å². The van der Waals surface area contributed by atoms with E-state index in [1.807, 2.05) is 87.6 Å². The van der Waals surface area contributed by atoms with Crippen molar-refractivity contribution in [3.8, 4) is 0 Å². The first-order valence-electron chi connectivity index (χ1n) is 4.49. The number of fused-ring (bicyclic) bond motifs is 1. The fourth-order valence-corrected chi connectivity index (χ4v) is 2.87. The molecule has 1 atom stereocenters. The summed E-state index contributed by atoms with van der Waals surface area (Å²) in [5, 5.41) is 2.04. The summed E-state index contributed by atoms with van der Waals surface area (Å²) >= 11 is 1.75. The Morgan fingerprint density at radius 1 is 1.06 bits per heavy atom. The van der Waals surface area contributed by atoms with Crippen LogP contribution in [0.4, 0.5) is 0 Å². The van der Waals surface area contributed by atoms with Gasteiger partial charge in [0.2, 0.25) is 0 Å². The molecule has 0 bridgehead atoms. The third-order valence-corrected chi connectivity index (χ3v) is 6.27.